The lowest BCUT2D eigenvalue weighted by Gasteiger charge is -2.19. The van der Waals surface area contributed by atoms with Gasteiger partial charge in [0, 0.05) is 35.2 Å². The molecule has 1 heterocycles. The van der Waals surface area contributed by atoms with Crippen molar-refractivity contribution >= 4 is 32.8 Å². The normalized spacial score (nSPS) is 18.2. The highest BCUT2D eigenvalue weighted by atomic mass is 32.2. The van der Waals surface area contributed by atoms with Gasteiger partial charge in [-0.2, -0.15) is 0 Å². The summed E-state index contributed by atoms with van der Waals surface area (Å²) < 4.78 is 22.3. The van der Waals surface area contributed by atoms with E-state index in [0.29, 0.717) is 23.0 Å². The van der Waals surface area contributed by atoms with Crippen molar-refractivity contribution in [3.05, 3.63) is 65.3 Å². The zero-order chi connectivity index (χ0) is 23.5. The molecule has 2 saturated carbocycles. The van der Waals surface area contributed by atoms with Gasteiger partial charge in [0.2, 0.25) is 0 Å². The summed E-state index contributed by atoms with van der Waals surface area (Å²) in [6.45, 7) is 0.416. The number of anilines is 1. The number of carbonyl (C=O) groups excluding carboxylic acids is 1. The van der Waals surface area contributed by atoms with Gasteiger partial charge in [0.25, 0.3) is 0 Å². The predicted octanol–water partition coefficient (Wildman–Crippen LogP) is 6.75. The average molecular weight is 495 g/mol. The smallest absolute Gasteiger partial charge is 0.319 e. The van der Waals surface area contributed by atoms with Crippen LogP contribution < -0.4 is 10.6 Å². The topological polar surface area (TPSA) is 94.9 Å². The molecule has 8 heteroatoms. The van der Waals surface area contributed by atoms with Gasteiger partial charge in [-0.3, -0.25) is 0 Å². The van der Waals surface area contributed by atoms with Gasteiger partial charge >= 0.3 is 6.03 Å². The fourth-order valence-electron chi connectivity index (χ4n) is 4.54. The number of hydrogen-bond donors (Lipinski definition) is 3. The predicted molar refractivity (Wildman–Crippen MR) is 138 cm³/mol. The maximum absolute atomic E-state index is 13.5. The highest BCUT2D eigenvalue weighted by molar-refractivity contribution is 7.93. The molecule has 1 aromatic heterocycles. The minimum absolute atomic E-state index is 0.112. The van der Waals surface area contributed by atoms with E-state index in [1.807, 2.05) is 48.7 Å². The first-order valence-corrected chi connectivity index (χ1v) is 14.4. The largest absolute Gasteiger partial charge is 0.334 e. The quantitative estimate of drug-likeness (QED) is 0.339. The van der Waals surface area contributed by atoms with Crippen LogP contribution in [-0.2, 0) is 16.3 Å². The number of nitrogens with zero attached hydrogens (tertiary/aromatic N) is 1. The van der Waals surface area contributed by atoms with Crippen LogP contribution >= 0.6 is 11.3 Å². The second-order valence-corrected chi connectivity index (χ2v) is 12.6. The molecule has 0 bridgehead atoms. The van der Waals surface area contributed by atoms with E-state index in [1.165, 1.54) is 32.1 Å². The molecule has 6 nitrogen and oxygen atoms in total. The van der Waals surface area contributed by atoms with E-state index >= 15 is 0 Å². The number of rotatable bonds is 7. The SMILES string of the molecule is N=S(=O)(c1cc(NC(=O)NCc2ccccc2)ccc1-c1cnc(C2CCCCC2)s1)C1CC1. The maximum atomic E-state index is 13.5. The monoisotopic (exact) mass is 494 g/mol. The van der Waals surface area contributed by atoms with Crippen LogP contribution in [0.15, 0.2) is 59.6 Å². The van der Waals surface area contributed by atoms with E-state index < -0.39 is 9.73 Å². The van der Waals surface area contributed by atoms with Crippen molar-refractivity contribution in [2.24, 2.45) is 0 Å². The number of carbonyl (C=O) groups is 1. The summed E-state index contributed by atoms with van der Waals surface area (Å²) in [5.41, 5.74) is 2.36. The standard InChI is InChI=1S/C26H30N4O2S2/c27-34(32,21-12-13-21)24-15-20(30-26(31)29-16-18-7-3-1-4-8-18)11-14-22(24)23-17-28-25(33-23)19-9-5-2-6-10-19/h1,3-4,7-8,11,14-15,17,19,21,27H,2,5-6,9-10,12-13,16H2,(H2,29,30,31). The first-order valence-electron chi connectivity index (χ1n) is 12.0. The number of nitrogens with one attached hydrogen (secondary N) is 3. The van der Waals surface area contributed by atoms with Crippen molar-refractivity contribution in [2.75, 3.05) is 5.32 Å². The Labute approximate surface area is 205 Å². The fourth-order valence-corrected chi connectivity index (χ4v) is 7.69. The van der Waals surface area contributed by atoms with Crippen LogP contribution in [0.5, 0.6) is 0 Å². The third-order valence-electron chi connectivity index (χ3n) is 6.60. The number of thiazole rings is 1. The summed E-state index contributed by atoms with van der Waals surface area (Å²) in [6, 6.07) is 14.8. The van der Waals surface area contributed by atoms with Crippen LogP contribution in [0.4, 0.5) is 10.5 Å². The molecule has 2 aromatic carbocycles. The third kappa shape index (κ3) is 5.18. The van der Waals surface area contributed by atoms with E-state index in [0.717, 1.165) is 33.9 Å². The lowest BCUT2D eigenvalue weighted by atomic mass is 9.90. The van der Waals surface area contributed by atoms with Crippen LogP contribution in [0, 0.1) is 4.78 Å². The second kappa shape index (κ2) is 9.88. The lowest BCUT2D eigenvalue weighted by Crippen LogP contribution is -2.28. The number of benzene rings is 2. The Hall–Kier alpha value is -2.71. The minimum Gasteiger partial charge on any atom is -0.334 e. The Morgan fingerprint density at radius 2 is 1.82 bits per heavy atom. The molecular weight excluding hydrogens is 464 g/mol. The van der Waals surface area contributed by atoms with E-state index in [9.17, 15) is 9.00 Å². The van der Waals surface area contributed by atoms with Gasteiger partial charge in [-0.25, -0.2) is 18.8 Å². The summed E-state index contributed by atoms with van der Waals surface area (Å²) in [7, 11) is -2.97. The highest BCUT2D eigenvalue weighted by Crippen LogP contribution is 2.43. The number of urea groups is 1. The van der Waals surface area contributed by atoms with Gasteiger partial charge in [0.05, 0.1) is 24.5 Å². The molecule has 0 saturated heterocycles. The van der Waals surface area contributed by atoms with Gasteiger partial charge in [0.15, 0.2) is 0 Å². The van der Waals surface area contributed by atoms with Crippen molar-refractivity contribution in [1.82, 2.24) is 10.3 Å². The molecule has 2 amide bonds. The molecule has 1 unspecified atom stereocenters. The van der Waals surface area contributed by atoms with Gasteiger partial charge < -0.3 is 10.6 Å². The van der Waals surface area contributed by atoms with Crippen LogP contribution in [0.2, 0.25) is 0 Å². The summed E-state index contributed by atoms with van der Waals surface area (Å²) in [5.74, 6) is 0.508. The van der Waals surface area contributed by atoms with Crippen LogP contribution in [0.25, 0.3) is 10.4 Å². The average Bonchev–Trinajstić information content (AvgIpc) is 3.62. The van der Waals surface area contributed by atoms with E-state index in [-0.39, 0.29) is 11.3 Å². The molecule has 2 aliphatic rings. The molecule has 3 N–H and O–H groups in total. The van der Waals surface area contributed by atoms with Gasteiger partial charge in [0.1, 0.15) is 0 Å². The second-order valence-electron chi connectivity index (χ2n) is 9.20. The molecule has 178 valence electrons. The molecule has 0 radical (unpaired) electrons. The van der Waals surface area contributed by atoms with Gasteiger partial charge in [-0.05, 0) is 43.4 Å². The Morgan fingerprint density at radius 1 is 1.06 bits per heavy atom. The molecular formula is C26H30N4O2S2. The van der Waals surface area contributed by atoms with Crippen molar-refractivity contribution in [3.8, 4) is 10.4 Å². The van der Waals surface area contributed by atoms with Crippen LogP contribution in [0.3, 0.4) is 0 Å². The zero-order valence-corrected chi connectivity index (χ0v) is 20.7. The summed E-state index contributed by atoms with van der Waals surface area (Å²) in [6.07, 6.45) is 9.65. The lowest BCUT2D eigenvalue weighted by molar-refractivity contribution is 0.251. The van der Waals surface area contributed by atoms with E-state index in [1.54, 1.807) is 17.4 Å². The highest BCUT2D eigenvalue weighted by Gasteiger charge is 2.35. The third-order valence-corrected chi connectivity index (χ3v) is 10.2. The van der Waals surface area contributed by atoms with Crippen LogP contribution in [-0.4, -0.2) is 20.5 Å². The molecule has 34 heavy (non-hydrogen) atoms. The Balaban J connectivity index is 1.38. The first kappa shape index (κ1) is 23.1. The Kier molecular flexibility index (Phi) is 6.70. The summed E-state index contributed by atoms with van der Waals surface area (Å²) >= 11 is 1.66. The first-order chi connectivity index (χ1) is 16.5. The van der Waals surface area contributed by atoms with Gasteiger partial charge in [-0.1, -0.05) is 55.7 Å². The van der Waals surface area contributed by atoms with Crippen molar-refractivity contribution in [1.29, 1.82) is 4.78 Å². The minimum atomic E-state index is -2.97. The number of amides is 2. The van der Waals surface area contributed by atoms with Gasteiger partial charge in [-0.15, -0.1) is 11.3 Å². The fraction of sp³-hybridized carbons (Fsp3) is 0.385. The zero-order valence-electron chi connectivity index (χ0n) is 19.1. The van der Waals surface area contributed by atoms with Crippen molar-refractivity contribution in [2.45, 2.75) is 67.6 Å². The molecule has 0 aliphatic heterocycles. The molecule has 1 atom stereocenters. The van der Waals surface area contributed by atoms with E-state index in [2.05, 4.69) is 10.6 Å². The van der Waals surface area contributed by atoms with Crippen molar-refractivity contribution in [3.63, 3.8) is 0 Å². The molecule has 2 fully saturated rings. The Morgan fingerprint density at radius 3 is 2.56 bits per heavy atom. The van der Waals surface area contributed by atoms with E-state index in [4.69, 9.17) is 9.76 Å². The van der Waals surface area contributed by atoms with Crippen molar-refractivity contribution < 1.29 is 9.00 Å². The number of aromatic nitrogens is 1. The maximum Gasteiger partial charge on any atom is 0.319 e. The molecule has 2 aliphatic carbocycles. The Bertz CT molecular complexity index is 1260. The summed E-state index contributed by atoms with van der Waals surface area (Å²) in [5, 5.41) is 6.73. The summed E-state index contributed by atoms with van der Waals surface area (Å²) in [4.78, 5) is 18.7. The number of hydrogen-bond acceptors (Lipinski definition) is 5. The van der Waals surface area contributed by atoms with Crippen LogP contribution in [0.1, 0.15) is 61.4 Å². The molecule has 0 spiro atoms. The molecule has 5 rings (SSSR count). The molecule has 3 aromatic rings.